The van der Waals surface area contributed by atoms with Crippen LogP contribution in [0.15, 0.2) is 102 Å². The molecule has 13 nitrogen and oxygen atoms in total. The maximum Gasteiger partial charge on any atom is 0.338 e. The molecule has 0 aromatic heterocycles. The van der Waals surface area contributed by atoms with Crippen molar-refractivity contribution in [3.8, 4) is 0 Å². The number of aliphatic hydroxyl groups is 1. The molecule has 0 spiro atoms. The Hall–Kier alpha value is -5.50. The highest BCUT2D eigenvalue weighted by atomic mass is 16.6. The lowest BCUT2D eigenvalue weighted by Crippen LogP contribution is -2.80. The molecular weight excluding hydrogens is 809 g/mol. The summed E-state index contributed by atoms with van der Waals surface area (Å²) in [6.45, 7) is 10.7. The Morgan fingerprint density at radius 3 is 1.95 bits per heavy atom. The second kappa shape index (κ2) is 17.2. The summed E-state index contributed by atoms with van der Waals surface area (Å²) in [6, 6.07) is 25.8. The molecule has 3 fully saturated rings. The van der Waals surface area contributed by atoms with E-state index in [1.165, 1.54) is 21.0 Å². The predicted molar refractivity (Wildman–Crippen MR) is 227 cm³/mol. The molecule has 11 atom stereocenters. The summed E-state index contributed by atoms with van der Waals surface area (Å²) in [5.41, 5.74) is -5.18. The van der Waals surface area contributed by atoms with Gasteiger partial charge < -0.3 is 33.5 Å². The van der Waals surface area contributed by atoms with Gasteiger partial charge in [-0.3, -0.25) is 19.2 Å². The smallest absolute Gasteiger partial charge is 0.338 e. The Bertz CT molecular complexity index is 2290. The normalized spacial score (nSPS) is 31.6. The van der Waals surface area contributed by atoms with Crippen molar-refractivity contribution in [2.75, 3.05) is 13.7 Å². The van der Waals surface area contributed by atoms with E-state index >= 15 is 4.79 Å². The van der Waals surface area contributed by atoms with Crippen LogP contribution in [-0.4, -0.2) is 96.0 Å². The summed E-state index contributed by atoms with van der Waals surface area (Å²) in [5.74, 6) is -6.59. The zero-order valence-corrected chi connectivity index (χ0v) is 37.0. The Morgan fingerprint density at radius 1 is 0.825 bits per heavy atom. The second-order valence-corrected chi connectivity index (χ2v) is 18.2. The number of carbonyl (C=O) groups excluding carboxylic acids is 6. The van der Waals surface area contributed by atoms with Crippen molar-refractivity contribution in [3.05, 3.63) is 119 Å². The largest absolute Gasteiger partial charge is 0.456 e. The van der Waals surface area contributed by atoms with Crippen LogP contribution in [0.1, 0.15) is 99.9 Å². The fourth-order valence-corrected chi connectivity index (χ4v) is 11.0. The van der Waals surface area contributed by atoms with Crippen LogP contribution in [0.25, 0.3) is 0 Å². The van der Waals surface area contributed by atoms with Crippen LogP contribution in [-0.2, 0) is 47.6 Å². The minimum Gasteiger partial charge on any atom is -0.456 e. The average molecular weight is 865 g/mol. The number of Topliss-reactive ketones (excluding diaryl/α,β-unsaturated/α-hetero) is 2. The van der Waals surface area contributed by atoms with Gasteiger partial charge in [-0.2, -0.15) is 0 Å². The number of carbonyl (C=O) groups is 6. The first-order valence-electron chi connectivity index (χ1n) is 21.4. The quantitative estimate of drug-likeness (QED) is 0.0898. The first kappa shape index (κ1) is 45.5. The van der Waals surface area contributed by atoms with Crippen molar-refractivity contribution < 1.29 is 62.3 Å². The molecule has 334 valence electrons. The summed E-state index contributed by atoms with van der Waals surface area (Å²) in [6.07, 6.45) is -6.89. The predicted octanol–water partition coefficient (Wildman–Crippen LogP) is 6.55. The van der Waals surface area contributed by atoms with Gasteiger partial charge in [0.15, 0.2) is 29.4 Å². The van der Waals surface area contributed by atoms with Gasteiger partial charge >= 0.3 is 23.9 Å². The molecule has 3 aromatic carbocycles. The fourth-order valence-electron chi connectivity index (χ4n) is 11.0. The van der Waals surface area contributed by atoms with Gasteiger partial charge in [-0.1, -0.05) is 107 Å². The topological polar surface area (TPSA) is 178 Å². The van der Waals surface area contributed by atoms with Gasteiger partial charge in [-0.15, -0.1) is 0 Å². The lowest BCUT2D eigenvalue weighted by molar-refractivity contribution is -0.340. The Balaban J connectivity index is 1.40. The molecule has 7 rings (SSSR count). The molecule has 13 heteroatoms. The summed E-state index contributed by atoms with van der Waals surface area (Å²) in [5, 5.41) is 13.9. The van der Waals surface area contributed by atoms with Crippen LogP contribution in [0.2, 0.25) is 0 Å². The van der Waals surface area contributed by atoms with Crippen molar-refractivity contribution in [3.63, 3.8) is 0 Å². The lowest BCUT2D eigenvalue weighted by Gasteiger charge is -2.68. The van der Waals surface area contributed by atoms with Crippen LogP contribution in [0.3, 0.4) is 0 Å². The van der Waals surface area contributed by atoms with Gasteiger partial charge in [0.2, 0.25) is 0 Å². The second-order valence-electron chi connectivity index (χ2n) is 18.2. The van der Waals surface area contributed by atoms with Crippen LogP contribution < -0.4 is 0 Å². The van der Waals surface area contributed by atoms with E-state index in [1.807, 2.05) is 13.0 Å². The van der Waals surface area contributed by atoms with Crippen molar-refractivity contribution in [2.45, 2.75) is 115 Å². The SMILES string of the molecule is CO[C@@H](C(=O)OC1C[C@@]2(O)[C@@H](OC(=O)c3ccccc3)[C@@H]3[C@]4(OC(C)=O)CO[C@@H]4C[C@H](C)[C@@]3(C)C(=O)[C@H](OC(C)=O)C(=C1C)C2(C)C)[C@@H](CC(=O)c1ccccc1)c1ccccc1. The molecule has 2 bridgehead atoms. The Kier molecular flexibility index (Phi) is 12.5. The molecule has 1 heterocycles. The van der Waals surface area contributed by atoms with E-state index in [0.29, 0.717) is 16.7 Å². The van der Waals surface area contributed by atoms with E-state index in [1.54, 1.807) is 113 Å². The van der Waals surface area contributed by atoms with E-state index in [9.17, 15) is 29.1 Å². The van der Waals surface area contributed by atoms with Crippen LogP contribution in [0, 0.1) is 22.7 Å². The van der Waals surface area contributed by atoms with Crippen LogP contribution in [0.4, 0.5) is 0 Å². The van der Waals surface area contributed by atoms with Crippen molar-refractivity contribution in [2.24, 2.45) is 22.7 Å². The highest BCUT2D eigenvalue weighted by Crippen LogP contribution is 2.65. The number of ether oxygens (including phenoxy) is 6. The van der Waals surface area contributed by atoms with E-state index in [4.69, 9.17) is 28.4 Å². The molecule has 63 heavy (non-hydrogen) atoms. The highest BCUT2D eigenvalue weighted by Gasteiger charge is 2.77. The maximum absolute atomic E-state index is 15.7. The zero-order chi connectivity index (χ0) is 45.6. The third-order valence-electron chi connectivity index (χ3n) is 14.5. The summed E-state index contributed by atoms with van der Waals surface area (Å²) in [7, 11) is 1.34. The first-order chi connectivity index (χ1) is 29.8. The molecule has 1 saturated heterocycles. The zero-order valence-electron chi connectivity index (χ0n) is 37.0. The van der Waals surface area contributed by atoms with E-state index in [-0.39, 0.29) is 42.8 Å². The lowest BCUT2D eigenvalue weighted by atomic mass is 9.43. The van der Waals surface area contributed by atoms with Gasteiger partial charge in [-0.25, -0.2) is 9.59 Å². The number of ketones is 2. The van der Waals surface area contributed by atoms with Crippen molar-refractivity contribution >= 4 is 35.4 Å². The minimum absolute atomic E-state index is 0.121. The molecule has 1 aliphatic heterocycles. The average Bonchev–Trinajstić information content (AvgIpc) is 3.25. The molecular formula is C50H56O13. The standard InChI is InChI=1S/C50H56O13/c1-28-24-38-49(27-59-38,63-31(4)52)42-44(62-45(55)34-22-16-11-17-23-34)50(57)26-37(29(2)39(47(50,5)6)41(60-30(3)51)43(54)48(28,42)7)61-46(56)40(58-8)35(32-18-12-9-13-19-32)25-36(53)33-20-14-10-15-21-33/h9-23,28,35,37-38,40-42,44,57H,24-27H2,1-8H3/t28-,35-,37?,38+,40+,41+,42-,44-,48+,49-,50+/m0/s1. The van der Waals surface area contributed by atoms with Gasteiger partial charge in [0.05, 0.1) is 18.1 Å². The molecule has 4 aliphatic rings. The van der Waals surface area contributed by atoms with Gasteiger partial charge in [0.25, 0.3) is 0 Å². The maximum atomic E-state index is 15.7. The number of rotatable bonds is 12. The number of methoxy groups -OCH3 is 1. The number of hydrogen-bond acceptors (Lipinski definition) is 13. The molecule has 1 N–H and O–H groups in total. The number of benzene rings is 3. The number of hydrogen-bond donors (Lipinski definition) is 1. The molecule has 3 aliphatic carbocycles. The van der Waals surface area contributed by atoms with Crippen LogP contribution >= 0.6 is 0 Å². The number of fused-ring (bicyclic) bond motifs is 5. The van der Waals surface area contributed by atoms with Gasteiger partial charge in [0, 0.05) is 56.1 Å². The Labute approximate surface area is 367 Å². The van der Waals surface area contributed by atoms with E-state index < -0.39 is 100.0 Å². The van der Waals surface area contributed by atoms with Crippen LogP contribution in [0.5, 0.6) is 0 Å². The van der Waals surface area contributed by atoms with Crippen molar-refractivity contribution in [1.29, 1.82) is 0 Å². The summed E-state index contributed by atoms with van der Waals surface area (Å²) in [4.78, 5) is 84.8. The summed E-state index contributed by atoms with van der Waals surface area (Å²) >= 11 is 0. The molecule has 3 aromatic rings. The third kappa shape index (κ3) is 7.71. The third-order valence-corrected chi connectivity index (χ3v) is 14.5. The van der Waals surface area contributed by atoms with E-state index in [2.05, 4.69) is 0 Å². The van der Waals surface area contributed by atoms with Crippen molar-refractivity contribution in [1.82, 2.24) is 0 Å². The van der Waals surface area contributed by atoms with Gasteiger partial charge in [0.1, 0.15) is 23.9 Å². The molecule has 0 amide bonds. The first-order valence-corrected chi connectivity index (χ1v) is 21.4. The highest BCUT2D eigenvalue weighted by molar-refractivity contribution is 5.97. The minimum atomic E-state index is -2.22. The molecule has 1 unspecified atom stereocenters. The molecule has 2 saturated carbocycles. The fraction of sp³-hybridized carbons (Fsp3) is 0.480. The Morgan fingerprint density at radius 2 is 1.41 bits per heavy atom. The summed E-state index contributed by atoms with van der Waals surface area (Å²) < 4.78 is 37.1. The van der Waals surface area contributed by atoms with E-state index in [0.717, 1.165) is 0 Å². The molecule has 0 radical (unpaired) electrons. The monoisotopic (exact) mass is 864 g/mol. The van der Waals surface area contributed by atoms with Gasteiger partial charge in [-0.05, 0) is 48.1 Å². The number of esters is 4.